The first-order valence-electron chi connectivity index (χ1n) is 11.2. The topological polar surface area (TPSA) is 45.1 Å². The van der Waals surface area contributed by atoms with E-state index in [1.807, 2.05) is 83.5 Å². The van der Waals surface area contributed by atoms with Crippen LogP contribution in [0, 0.1) is 6.92 Å². The molecular formula is C27H30N3O2+. The number of carbonyl (C=O) groups is 2. The largest absolute Gasteiger partial charge is 0.327 e. The molecule has 3 aromatic rings. The maximum absolute atomic E-state index is 13.4. The van der Waals surface area contributed by atoms with Gasteiger partial charge in [0.15, 0.2) is 6.54 Å². The van der Waals surface area contributed by atoms with Crippen LogP contribution < -0.4 is 9.80 Å². The number of aryl methyl sites for hydroxylation is 1. The van der Waals surface area contributed by atoms with E-state index in [9.17, 15) is 9.59 Å². The van der Waals surface area contributed by atoms with Crippen molar-refractivity contribution in [3.63, 3.8) is 0 Å². The molecular weight excluding hydrogens is 398 g/mol. The van der Waals surface area contributed by atoms with Gasteiger partial charge >= 0.3 is 0 Å². The lowest BCUT2D eigenvalue weighted by molar-refractivity contribution is -0.895. The van der Waals surface area contributed by atoms with Crippen molar-refractivity contribution in [3.05, 3.63) is 102 Å². The molecule has 0 bridgehead atoms. The Morgan fingerprint density at radius 3 is 2.19 bits per heavy atom. The Bertz CT molecular complexity index is 1040. The number of nitrogens with zero attached hydrogens (tertiary/aromatic N) is 2. The van der Waals surface area contributed by atoms with Crippen LogP contribution in [0.1, 0.15) is 21.5 Å². The minimum atomic E-state index is 0.0708. The minimum Gasteiger partial charge on any atom is -0.327 e. The summed E-state index contributed by atoms with van der Waals surface area (Å²) in [6.45, 7) is 5.90. The summed E-state index contributed by atoms with van der Waals surface area (Å²) in [6.07, 6.45) is 0. The third-order valence-electron chi connectivity index (χ3n) is 5.98. The van der Waals surface area contributed by atoms with E-state index in [1.165, 1.54) is 4.90 Å². The molecule has 0 radical (unpaired) electrons. The predicted molar refractivity (Wildman–Crippen MR) is 127 cm³/mol. The van der Waals surface area contributed by atoms with Crippen LogP contribution in [0.25, 0.3) is 0 Å². The molecule has 2 amide bonds. The van der Waals surface area contributed by atoms with Gasteiger partial charge < -0.3 is 14.7 Å². The molecule has 164 valence electrons. The van der Waals surface area contributed by atoms with Crippen molar-refractivity contribution in [2.75, 3.05) is 37.6 Å². The van der Waals surface area contributed by atoms with Gasteiger partial charge in [-0.25, -0.2) is 0 Å². The third-order valence-corrected chi connectivity index (χ3v) is 5.98. The quantitative estimate of drug-likeness (QED) is 0.656. The van der Waals surface area contributed by atoms with Crippen molar-refractivity contribution < 1.29 is 14.5 Å². The number of hydrogen-bond donors (Lipinski definition) is 1. The van der Waals surface area contributed by atoms with Crippen LogP contribution in [-0.2, 0) is 11.3 Å². The lowest BCUT2D eigenvalue weighted by Gasteiger charge is -2.33. The van der Waals surface area contributed by atoms with Gasteiger partial charge in [0.25, 0.3) is 11.8 Å². The van der Waals surface area contributed by atoms with Crippen molar-refractivity contribution in [1.82, 2.24) is 4.90 Å². The summed E-state index contributed by atoms with van der Waals surface area (Å²) >= 11 is 0. The van der Waals surface area contributed by atoms with Crippen molar-refractivity contribution in [3.8, 4) is 0 Å². The van der Waals surface area contributed by atoms with E-state index in [4.69, 9.17) is 0 Å². The Balaban J connectivity index is 1.41. The van der Waals surface area contributed by atoms with Crippen LogP contribution in [0.2, 0.25) is 0 Å². The number of rotatable bonds is 6. The number of carbonyl (C=O) groups excluding carboxylic acids is 2. The Labute approximate surface area is 189 Å². The van der Waals surface area contributed by atoms with Gasteiger partial charge in [0.1, 0.15) is 0 Å². The fraction of sp³-hybridized carbons (Fsp3) is 0.259. The highest BCUT2D eigenvalue weighted by Crippen LogP contribution is 2.19. The van der Waals surface area contributed by atoms with Crippen LogP contribution in [0.3, 0.4) is 0 Å². The lowest BCUT2D eigenvalue weighted by Crippen LogP contribution is -3.15. The first-order valence-corrected chi connectivity index (χ1v) is 11.2. The molecule has 0 aromatic heterocycles. The van der Waals surface area contributed by atoms with Crippen molar-refractivity contribution >= 4 is 17.5 Å². The molecule has 0 atom stereocenters. The van der Waals surface area contributed by atoms with Crippen LogP contribution in [-0.4, -0.2) is 49.4 Å². The molecule has 4 rings (SSSR count). The second-order valence-electron chi connectivity index (χ2n) is 8.39. The van der Waals surface area contributed by atoms with Crippen LogP contribution in [0.5, 0.6) is 0 Å². The number of benzene rings is 3. The maximum atomic E-state index is 13.4. The minimum absolute atomic E-state index is 0.0708. The molecule has 1 aliphatic rings. The van der Waals surface area contributed by atoms with Gasteiger partial charge in [-0.3, -0.25) is 9.59 Å². The monoisotopic (exact) mass is 428 g/mol. The summed E-state index contributed by atoms with van der Waals surface area (Å²) in [5, 5.41) is 0. The molecule has 1 saturated heterocycles. The number of quaternary nitrogens is 1. The molecule has 3 aromatic carbocycles. The van der Waals surface area contributed by atoms with E-state index in [-0.39, 0.29) is 11.8 Å². The molecule has 0 saturated carbocycles. The Hall–Kier alpha value is -3.44. The van der Waals surface area contributed by atoms with Crippen molar-refractivity contribution in [1.29, 1.82) is 0 Å². The van der Waals surface area contributed by atoms with E-state index >= 15 is 0 Å². The normalized spacial score (nSPS) is 14.2. The lowest BCUT2D eigenvalue weighted by atomic mass is 10.1. The zero-order chi connectivity index (χ0) is 22.3. The summed E-state index contributed by atoms with van der Waals surface area (Å²) in [5.41, 5.74) is 3.89. The van der Waals surface area contributed by atoms with Crippen molar-refractivity contribution in [2.24, 2.45) is 0 Å². The zero-order valence-electron chi connectivity index (χ0n) is 18.5. The molecule has 1 aliphatic heterocycles. The molecule has 0 aliphatic carbocycles. The van der Waals surface area contributed by atoms with Crippen LogP contribution >= 0.6 is 0 Å². The molecule has 1 heterocycles. The Morgan fingerprint density at radius 1 is 0.875 bits per heavy atom. The standard InChI is InChI=1S/C27H29N3O2/c1-22-9-8-14-25(19-22)30(20-23-10-4-2-5-11-23)26(31)21-28-15-17-29(18-16-28)27(32)24-12-6-3-7-13-24/h2-14,19H,15-18,20-21H2,1H3/p+1. The number of anilines is 1. The van der Waals surface area contributed by atoms with Gasteiger partial charge in [0.2, 0.25) is 0 Å². The number of hydrogen-bond acceptors (Lipinski definition) is 2. The summed E-state index contributed by atoms with van der Waals surface area (Å²) in [5.74, 6) is 0.179. The van der Waals surface area contributed by atoms with Gasteiger partial charge in [-0.2, -0.15) is 0 Å². The Morgan fingerprint density at radius 2 is 1.53 bits per heavy atom. The average molecular weight is 429 g/mol. The zero-order valence-corrected chi connectivity index (χ0v) is 18.5. The third kappa shape index (κ3) is 5.42. The number of piperazine rings is 1. The van der Waals surface area contributed by atoms with E-state index < -0.39 is 0 Å². The predicted octanol–water partition coefficient (Wildman–Crippen LogP) is 2.57. The van der Waals surface area contributed by atoms with E-state index in [2.05, 4.69) is 18.2 Å². The molecule has 0 spiro atoms. The smallest absolute Gasteiger partial charge is 0.282 e. The fourth-order valence-electron chi connectivity index (χ4n) is 4.16. The van der Waals surface area contributed by atoms with Gasteiger partial charge in [0.05, 0.1) is 32.7 Å². The van der Waals surface area contributed by atoms with Gasteiger partial charge in [0, 0.05) is 11.3 Å². The van der Waals surface area contributed by atoms with Gasteiger partial charge in [-0.05, 0) is 42.3 Å². The summed E-state index contributed by atoms with van der Waals surface area (Å²) in [4.78, 5) is 31.1. The second-order valence-corrected chi connectivity index (χ2v) is 8.39. The molecule has 1 fully saturated rings. The van der Waals surface area contributed by atoms with Crippen LogP contribution in [0.4, 0.5) is 5.69 Å². The Kier molecular flexibility index (Phi) is 6.97. The number of nitrogens with one attached hydrogen (secondary N) is 1. The average Bonchev–Trinajstić information content (AvgIpc) is 2.84. The number of amides is 2. The van der Waals surface area contributed by atoms with Gasteiger partial charge in [-0.15, -0.1) is 0 Å². The highest BCUT2D eigenvalue weighted by molar-refractivity contribution is 5.95. The highest BCUT2D eigenvalue weighted by atomic mass is 16.2. The molecule has 5 heteroatoms. The SMILES string of the molecule is Cc1cccc(N(Cc2ccccc2)C(=O)C[NH+]2CCN(C(=O)c3ccccc3)CC2)c1. The van der Waals surface area contributed by atoms with E-state index in [1.54, 1.807) is 0 Å². The van der Waals surface area contributed by atoms with Crippen LogP contribution in [0.15, 0.2) is 84.9 Å². The van der Waals surface area contributed by atoms with Gasteiger partial charge in [-0.1, -0.05) is 60.7 Å². The summed E-state index contributed by atoms with van der Waals surface area (Å²) in [6, 6.07) is 27.6. The fourth-order valence-corrected chi connectivity index (χ4v) is 4.16. The summed E-state index contributed by atoms with van der Waals surface area (Å²) < 4.78 is 0. The second kappa shape index (κ2) is 10.2. The first kappa shape index (κ1) is 21.8. The van der Waals surface area contributed by atoms with Crippen molar-refractivity contribution in [2.45, 2.75) is 13.5 Å². The first-order chi connectivity index (χ1) is 15.6. The highest BCUT2D eigenvalue weighted by Gasteiger charge is 2.28. The maximum Gasteiger partial charge on any atom is 0.282 e. The molecule has 1 N–H and O–H groups in total. The molecule has 32 heavy (non-hydrogen) atoms. The van der Waals surface area contributed by atoms with E-state index in [0.717, 1.165) is 35.5 Å². The molecule has 5 nitrogen and oxygen atoms in total. The van der Waals surface area contributed by atoms with E-state index in [0.29, 0.717) is 26.2 Å². The summed E-state index contributed by atoms with van der Waals surface area (Å²) in [7, 11) is 0. The molecule has 0 unspecified atom stereocenters.